The smallest absolute Gasteiger partial charge is 0.178 e. The Morgan fingerprint density at radius 3 is 2.50 bits per heavy atom. The van der Waals surface area contributed by atoms with Crippen LogP contribution in [0.5, 0.6) is 0 Å². The van der Waals surface area contributed by atoms with Crippen LogP contribution in [0.2, 0.25) is 0 Å². The minimum atomic E-state index is -0.246. The maximum absolute atomic E-state index is 12.8. The number of rotatable bonds is 4. The lowest BCUT2D eigenvalue weighted by atomic mass is 9.82. The van der Waals surface area contributed by atoms with Gasteiger partial charge < -0.3 is 0 Å². The number of carbonyl (C=O) groups is 1. The fourth-order valence-electron chi connectivity index (χ4n) is 3.31. The van der Waals surface area contributed by atoms with E-state index in [1.807, 2.05) is 0 Å². The van der Waals surface area contributed by atoms with Crippen molar-refractivity contribution in [2.24, 2.45) is 0 Å². The van der Waals surface area contributed by atoms with Crippen molar-refractivity contribution in [3.05, 3.63) is 11.6 Å². The first-order valence-corrected chi connectivity index (χ1v) is 7.67. The number of likely N-dealkylation sites (tertiary alicyclic amines) is 1. The van der Waals surface area contributed by atoms with Gasteiger partial charge in [0.2, 0.25) is 0 Å². The standard InChI is InChI=1S/C16H27NO/c1-3-16(2,17-12-8-5-9-13-17)15(18)14-10-6-4-7-11-14/h10H,3-9,11-13H2,1-2H3. The van der Waals surface area contributed by atoms with E-state index in [9.17, 15) is 4.79 Å². The average Bonchev–Trinajstić information content (AvgIpc) is 2.47. The summed E-state index contributed by atoms with van der Waals surface area (Å²) < 4.78 is 0. The molecule has 1 heterocycles. The lowest BCUT2D eigenvalue weighted by Gasteiger charge is -2.42. The molecule has 1 unspecified atom stereocenters. The molecule has 2 rings (SSSR count). The van der Waals surface area contributed by atoms with Crippen molar-refractivity contribution in [2.45, 2.75) is 70.8 Å². The van der Waals surface area contributed by atoms with Gasteiger partial charge in [-0.3, -0.25) is 9.69 Å². The molecule has 0 bridgehead atoms. The number of nitrogens with zero attached hydrogens (tertiary/aromatic N) is 1. The molecule has 0 aromatic heterocycles. The van der Waals surface area contributed by atoms with Crippen molar-refractivity contribution in [1.29, 1.82) is 0 Å². The Kier molecular flexibility index (Phi) is 4.60. The third kappa shape index (κ3) is 2.69. The van der Waals surface area contributed by atoms with Crippen molar-refractivity contribution in [2.75, 3.05) is 13.1 Å². The molecule has 2 aliphatic rings. The molecular formula is C16H27NO. The van der Waals surface area contributed by atoms with Gasteiger partial charge in [0.25, 0.3) is 0 Å². The molecule has 0 saturated carbocycles. The highest BCUT2D eigenvalue weighted by atomic mass is 16.1. The summed E-state index contributed by atoms with van der Waals surface area (Å²) in [7, 11) is 0. The van der Waals surface area contributed by atoms with Gasteiger partial charge in [0.1, 0.15) is 0 Å². The van der Waals surface area contributed by atoms with E-state index in [4.69, 9.17) is 0 Å². The zero-order valence-corrected chi connectivity index (χ0v) is 12.0. The van der Waals surface area contributed by atoms with Gasteiger partial charge in [-0.2, -0.15) is 0 Å². The van der Waals surface area contributed by atoms with E-state index in [0.717, 1.165) is 37.9 Å². The zero-order chi connectivity index (χ0) is 13.0. The van der Waals surface area contributed by atoms with Crippen molar-refractivity contribution in [1.82, 2.24) is 4.90 Å². The maximum Gasteiger partial charge on any atom is 0.178 e. The van der Waals surface area contributed by atoms with Crippen LogP contribution in [0, 0.1) is 0 Å². The van der Waals surface area contributed by atoms with Crippen molar-refractivity contribution in [3.63, 3.8) is 0 Å². The molecule has 0 aromatic carbocycles. The Balaban J connectivity index is 2.14. The van der Waals surface area contributed by atoms with E-state index in [0.29, 0.717) is 5.78 Å². The van der Waals surface area contributed by atoms with E-state index < -0.39 is 0 Å². The van der Waals surface area contributed by atoms with E-state index in [1.54, 1.807) is 0 Å². The highest BCUT2D eigenvalue weighted by Crippen LogP contribution is 2.30. The van der Waals surface area contributed by atoms with Gasteiger partial charge in [0.15, 0.2) is 5.78 Å². The van der Waals surface area contributed by atoms with Crippen LogP contribution >= 0.6 is 0 Å². The Hall–Kier alpha value is -0.630. The first kappa shape index (κ1) is 13.8. The van der Waals surface area contributed by atoms with Gasteiger partial charge in [-0.1, -0.05) is 19.4 Å². The molecule has 0 radical (unpaired) electrons. The van der Waals surface area contributed by atoms with Crippen molar-refractivity contribution in [3.8, 4) is 0 Å². The number of hydrogen-bond acceptors (Lipinski definition) is 2. The van der Waals surface area contributed by atoms with Crippen LogP contribution in [0.1, 0.15) is 65.2 Å². The predicted molar refractivity (Wildman–Crippen MR) is 75.7 cm³/mol. The first-order valence-electron chi connectivity index (χ1n) is 7.67. The second kappa shape index (κ2) is 6.01. The third-order valence-corrected chi connectivity index (χ3v) is 4.81. The fraction of sp³-hybridized carbons (Fsp3) is 0.812. The number of ketones is 1. The highest BCUT2D eigenvalue weighted by molar-refractivity contribution is 6.02. The second-order valence-corrected chi connectivity index (χ2v) is 5.98. The molecule has 0 spiro atoms. The predicted octanol–water partition coefficient (Wildman–Crippen LogP) is 3.71. The van der Waals surface area contributed by atoms with E-state index in [-0.39, 0.29) is 5.54 Å². The van der Waals surface area contributed by atoms with Crippen LogP contribution < -0.4 is 0 Å². The van der Waals surface area contributed by atoms with Crippen LogP contribution in [-0.4, -0.2) is 29.3 Å². The summed E-state index contributed by atoms with van der Waals surface area (Å²) in [5.41, 5.74) is 0.861. The zero-order valence-electron chi connectivity index (χ0n) is 12.0. The third-order valence-electron chi connectivity index (χ3n) is 4.81. The van der Waals surface area contributed by atoms with E-state index in [2.05, 4.69) is 24.8 Å². The summed E-state index contributed by atoms with van der Waals surface area (Å²) in [6, 6.07) is 0. The molecular weight excluding hydrogens is 222 g/mol. The molecule has 1 aliphatic heterocycles. The average molecular weight is 249 g/mol. The fourth-order valence-corrected chi connectivity index (χ4v) is 3.31. The number of Topliss-reactive ketones (excluding diaryl/α,β-unsaturated/α-hetero) is 1. The number of piperidine rings is 1. The molecule has 18 heavy (non-hydrogen) atoms. The van der Waals surface area contributed by atoms with Crippen LogP contribution in [-0.2, 0) is 4.79 Å². The normalized spacial score (nSPS) is 25.3. The largest absolute Gasteiger partial charge is 0.292 e. The summed E-state index contributed by atoms with van der Waals surface area (Å²) in [6.45, 7) is 6.53. The van der Waals surface area contributed by atoms with Gasteiger partial charge in [0.05, 0.1) is 5.54 Å². The second-order valence-electron chi connectivity index (χ2n) is 5.98. The summed E-state index contributed by atoms with van der Waals surface area (Å²) in [6.07, 6.45) is 11.5. The van der Waals surface area contributed by atoms with Crippen LogP contribution in [0.25, 0.3) is 0 Å². The van der Waals surface area contributed by atoms with Crippen LogP contribution in [0.15, 0.2) is 11.6 Å². The SMILES string of the molecule is CCC(C)(C(=O)C1=CCCCC1)N1CCCCC1. The van der Waals surface area contributed by atoms with Gasteiger partial charge in [0, 0.05) is 0 Å². The Morgan fingerprint density at radius 2 is 1.94 bits per heavy atom. The molecule has 2 nitrogen and oxygen atoms in total. The van der Waals surface area contributed by atoms with E-state index >= 15 is 0 Å². The van der Waals surface area contributed by atoms with Crippen LogP contribution in [0.4, 0.5) is 0 Å². The van der Waals surface area contributed by atoms with Crippen molar-refractivity contribution < 1.29 is 4.79 Å². The number of allylic oxidation sites excluding steroid dienone is 1. The minimum absolute atomic E-state index is 0.246. The Labute approximate surface area is 111 Å². The number of hydrogen-bond donors (Lipinski definition) is 0. The Morgan fingerprint density at radius 1 is 1.22 bits per heavy atom. The lowest BCUT2D eigenvalue weighted by molar-refractivity contribution is -0.127. The summed E-state index contributed by atoms with van der Waals surface area (Å²) >= 11 is 0. The lowest BCUT2D eigenvalue weighted by Crippen LogP contribution is -2.54. The minimum Gasteiger partial charge on any atom is -0.292 e. The molecule has 102 valence electrons. The summed E-state index contributed by atoms with van der Waals surface area (Å²) in [5.74, 6) is 0.409. The molecule has 0 aromatic rings. The molecule has 1 atom stereocenters. The summed E-state index contributed by atoms with van der Waals surface area (Å²) in [5, 5.41) is 0. The Bertz CT molecular complexity index is 328. The number of carbonyl (C=O) groups excluding carboxylic acids is 1. The van der Waals surface area contributed by atoms with Gasteiger partial charge in [-0.15, -0.1) is 0 Å². The quantitative estimate of drug-likeness (QED) is 0.757. The van der Waals surface area contributed by atoms with Gasteiger partial charge >= 0.3 is 0 Å². The molecule has 0 amide bonds. The molecule has 1 saturated heterocycles. The highest BCUT2D eigenvalue weighted by Gasteiger charge is 2.39. The first-order chi connectivity index (χ1) is 8.68. The van der Waals surface area contributed by atoms with Crippen molar-refractivity contribution >= 4 is 5.78 Å². The van der Waals surface area contributed by atoms with Gasteiger partial charge in [-0.05, 0) is 70.5 Å². The van der Waals surface area contributed by atoms with E-state index in [1.165, 1.54) is 32.1 Å². The van der Waals surface area contributed by atoms with Gasteiger partial charge in [-0.25, -0.2) is 0 Å². The molecule has 2 heteroatoms. The summed E-state index contributed by atoms with van der Waals surface area (Å²) in [4.78, 5) is 15.3. The molecule has 1 fully saturated rings. The molecule has 1 aliphatic carbocycles. The topological polar surface area (TPSA) is 20.3 Å². The molecule has 0 N–H and O–H groups in total. The van der Waals surface area contributed by atoms with Crippen LogP contribution in [0.3, 0.4) is 0 Å². The maximum atomic E-state index is 12.8. The monoisotopic (exact) mass is 249 g/mol.